The molecule has 2 aliphatic rings. The number of ether oxygens (including phenoxy) is 1. The molecule has 4 heteroatoms. The van der Waals surface area contributed by atoms with Gasteiger partial charge in [-0.25, -0.2) is 0 Å². The van der Waals surface area contributed by atoms with E-state index in [1.54, 1.807) is 0 Å². The van der Waals surface area contributed by atoms with E-state index in [9.17, 15) is 4.79 Å². The number of rotatable bonds is 3. The van der Waals surface area contributed by atoms with Crippen LogP contribution in [0.5, 0.6) is 0 Å². The Morgan fingerprint density at radius 2 is 1.95 bits per heavy atom. The van der Waals surface area contributed by atoms with Gasteiger partial charge in [-0.2, -0.15) is 0 Å². The van der Waals surface area contributed by atoms with Crippen LogP contribution in [0.2, 0.25) is 0 Å². The van der Waals surface area contributed by atoms with Crippen molar-refractivity contribution in [1.82, 2.24) is 4.90 Å². The van der Waals surface area contributed by atoms with E-state index < -0.39 is 5.54 Å². The minimum atomic E-state index is -0.515. The van der Waals surface area contributed by atoms with Crippen molar-refractivity contribution in [3.8, 4) is 0 Å². The molecule has 0 aromatic heterocycles. The molecule has 1 fully saturated rings. The second kappa shape index (κ2) is 5.65. The smallest absolute Gasteiger partial charge is 0.183 e. The van der Waals surface area contributed by atoms with Crippen molar-refractivity contribution in [2.75, 3.05) is 26.3 Å². The van der Waals surface area contributed by atoms with Crippen LogP contribution in [0, 0.1) is 0 Å². The fourth-order valence-electron chi connectivity index (χ4n) is 2.52. The summed E-state index contributed by atoms with van der Waals surface area (Å²) < 4.78 is 5.35. The third-order valence-electron chi connectivity index (χ3n) is 3.88. The number of Topliss-reactive ketones (excluding diaryl/α,β-unsaturated/α-hetero) is 1. The summed E-state index contributed by atoms with van der Waals surface area (Å²) in [4.78, 5) is 15.7. The highest BCUT2D eigenvalue weighted by Crippen LogP contribution is 2.25. The number of allylic oxidation sites excluding steroid dienone is 3. The summed E-state index contributed by atoms with van der Waals surface area (Å²) in [5.74, 6) is 0.128. The van der Waals surface area contributed by atoms with Gasteiger partial charge in [0.2, 0.25) is 0 Å². The second-order valence-corrected chi connectivity index (χ2v) is 6.17. The van der Waals surface area contributed by atoms with Crippen LogP contribution in [0.3, 0.4) is 0 Å². The Morgan fingerprint density at radius 3 is 2.53 bits per heavy atom. The third-order valence-corrected chi connectivity index (χ3v) is 4.24. The molecule has 0 aromatic carbocycles. The van der Waals surface area contributed by atoms with Gasteiger partial charge in [-0.15, -0.1) is 0 Å². The molecular weight excluding hydrogens is 258 g/mol. The van der Waals surface area contributed by atoms with Gasteiger partial charge < -0.3 is 4.74 Å². The lowest BCUT2D eigenvalue weighted by Gasteiger charge is -2.40. The van der Waals surface area contributed by atoms with Crippen LogP contribution in [-0.2, 0) is 9.53 Å². The highest BCUT2D eigenvalue weighted by molar-refractivity contribution is 7.81. The summed E-state index contributed by atoms with van der Waals surface area (Å²) in [5, 5.41) is 0. The van der Waals surface area contributed by atoms with Crippen LogP contribution in [0.25, 0.3) is 0 Å². The number of hydrogen-bond donors (Lipinski definition) is 0. The zero-order valence-corrected chi connectivity index (χ0v) is 12.7. The Morgan fingerprint density at radius 1 is 1.32 bits per heavy atom. The summed E-state index contributed by atoms with van der Waals surface area (Å²) in [6, 6.07) is 0. The van der Waals surface area contributed by atoms with E-state index in [1.165, 1.54) is 5.57 Å². The molecule has 2 rings (SSSR count). The monoisotopic (exact) mass is 279 g/mol. The van der Waals surface area contributed by atoms with Crippen molar-refractivity contribution in [2.45, 2.75) is 32.7 Å². The first-order chi connectivity index (χ1) is 8.93. The predicted molar refractivity (Wildman–Crippen MR) is 80.5 cm³/mol. The highest BCUT2D eigenvalue weighted by Gasteiger charge is 2.38. The van der Waals surface area contributed by atoms with Crippen LogP contribution in [0.1, 0.15) is 27.2 Å². The number of carbonyl (C=O) groups is 1. The molecule has 1 saturated heterocycles. The lowest BCUT2D eigenvalue weighted by Crippen LogP contribution is -2.55. The molecule has 0 atom stereocenters. The molecule has 1 aliphatic carbocycles. The van der Waals surface area contributed by atoms with Crippen molar-refractivity contribution in [3.63, 3.8) is 0 Å². The fourth-order valence-corrected chi connectivity index (χ4v) is 2.91. The van der Waals surface area contributed by atoms with E-state index in [0.717, 1.165) is 24.4 Å². The van der Waals surface area contributed by atoms with Crippen molar-refractivity contribution in [2.24, 2.45) is 0 Å². The standard InChI is InChI=1S/C15H21NO2S/c1-11-4-5-12(13(19)10-11)14(17)15(2,3)16-6-8-18-9-7-16/h4-5H,6-10H2,1-3H3. The Kier molecular flexibility index (Phi) is 4.33. The van der Waals surface area contributed by atoms with Crippen molar-refractivity contribution < 1.29 is 9.53 Å². The largest absolute Gasteiger partial charge is 0.379 e. The molecule has 0 N–H and O–H groups in total. The zero-order valence-electron chi connectivity index (χ0n) is 11.9. The highest BCUT2D eigenvalue weighted by atomic mass is 32.1. The van der Waals surface area contributed by atoms with E-state index in [1.807, 2.05) is 32.9 Å². The Labute approximate surface area is 120 Å². The van der Waals surface area contributed by atoms with Crippen LogP contribution in [0.4, 0.5) is 0 Å². The number of carbonyl (C=O) groups excluding carboxylic acids is 1. The fraction of sp³-hybridized carbons (Fsp3) is 0.600. The first-order valence-corrected chi connectivity index (χ1v) is 7.12. The molecule has 0 bridgehead atoms. The normalized spacial score (nSPS) is 21.9. The van der Waals surface area contributed by atoms with Crippen LogP contribution >= 0.6 is 12.2 Å². The maximum Gasteiger partial charge on any atom is 0.183 e. The van der Waals surface area contributed by atoms with Gasteiger partial charge in [-0.3, -0.25) is 9.69 Å². The minimum Gasteiger partial charge on any atom is -0.379 e. The van der Waals surface area contributed by atoms with Crippen molar-refractivity contribution in [3.05, 3.63) is 23.3 Å². The van der Waals surface area contributed by atoms with Gasteiger partial charge in [0.05, 0.1) is 18.8 Å². The third kappa shape index (κ3) is 3.02. The van der Waals surface area contributed by atoms with E-state index in [0.29, 0.717) is 18.8 Å². The first-order valence-electron chi connectivity index (χ1n) is 6.71. The minimum absolute atomic E-state index is 0.128. The topological polar surface area (TPSA) is 29.5 Å². The SMILES string of the molecule is CC1=CC=C(C(=O)C(C)(C)N2CCOCC2)C(=S)C1. The van der Waals surface area contributed by atoms with Gasteiger partial charge in [0, 0.05) is 29.9 Å². The van der Waals surface area contributed by atoms with E-state index in [-0.39, 0.29) is 5.78 Å². The molecular formula is C15H21NO2S. The molecule has 1 aliphatic heterocycles. The summed E-state index contributed by atoms with van der Waals surface area (Å²) in [6.45, 7) is 8.99. The van der Waals surface area contributed by atoms with Gasteiger partial charge in [0.25, 0.3) is 0 Å². The quantitative estimate of drug-likeness (QED) is 0.742. The molecule has 19 heavy (non-hydrogen) atoms. The molecule has 104 valence electrons. The van der Waals surface area contributed by atoms with Gasteiger partial charge >= 0.3 is 0 Å². The van der Waals surface area contributed by atoms with Crippen LogP contribution in [0.15, 0.2) is 23.3 Å². The Bertz CT molecular complexity index is 457. The molecule has 1 heterocycles. The molecule has 0 unspecified atom stereocenters. The second-order valence-electron chi connectivity index (χ2n) is 5.68. The lowest BCUT2D eigenvalue weighted by atomic mass is 9.85. The van der Waals surface area contributed by atoms with Gasteiger partial charge in [0.1, 0.15) is 0 Å². The summed E-state index contributed by atoms with van der Waals surface area (Å²) in [5.41, 5.74) is 1.40. The number of thiocarbonyl (C=S) groups is 1. The average Bonchev–Trinajstić information content (AvgIpc) is 2.39. The van der Waals surface area contributed by atoms with E-state index in [2.05, 4.69) is 4.90 Å². The molecule has 0 aromatic rings. The maximum atomic E-state index is 12.8. The van der Waals surface area contributed by atoms with Gasteiger partial charge in [-0.05, 0) is 20.8 Å². The van der Waals surface area contributed by atoms with E-state index in [4.69, 9.17) is 17.0 Å². The van der Waals surface area contributed by atoms with Crippen molar-refractivity contribution >= 4 is 22.9 Å². The summed E-state index contributed by atoms with van der Waals surface area (Å²) >= 11 is 5.38. The number of nitrogens with zero attached hydrogens (tertiary/aromatic N) is 1. The summed E-state index contributed by atoms with van der Waals surface area (Å²) in [7, 11) is 0. The first kappa shape index (κ1) is 14.6. The predicted octanol–water partition coefficient (Wildman–Crippen LogP) is 2.31. The van der Waals surface area contributed by atoms with E-state index >= 15 is 0 Å². The Balaban J connectivity index is 2.20. The molecule has 3 nitrogen and oxygen atoms in total. The molecule has 0 saturated carbocycles. The lowest BCUT2D eigenvalue weighted by molar-refractivity contribution is -0.127. The molecule has 0 amide bonds. The van der Waals surface area contributed by atoms with Crippen molar-refractivity contribution in [1.29, 1.82) is 0 Å². The summed E-state index contributed by atoms with van der Waals surface area (Å²) in [6.07, 6.45) is 4.61. The maximum absolute atomic E-state index is 12.8. The molecule has 0 spiro atoms. The van der Waals surface area contributed by atoms with Gasteiger partial charge in [0.15, 0.2) is 5.78 Å². The molecule has 0 radical (unpaired) electrons. The van der Waals surface area contributed by atoms with Gasteiger partial charge in [-0.1, -0.05) is 29.9 Å². The number of morpholine rings is 1. The number of hydrogen-bond acceptors (Lipinski definition) is 4. The zero-order chi connectivity index (χ0) is 14.0. The Hall–Kier alpha value is -0.840. The average molecular weight is 279 g/mol. The van der Waals surface area contributed by atoms with Crippen LogP contribution < -0.4 is 0 Å². The number of ketones is 1. The van der Waals surface area contributed by atoms with Crippen LogP contribution in [-0.4, -0.2) is 47.4 Å².